The second kappa shape index (κ2) is 7.58. The highest BCUT2D eigenvalue weighted by atomic mass is 16.6. The molecule has 0 spiro atoms. The zero-order valence-electron chi connectivity index (χ0n) is 15.6. The first-order chi connectivity index (χ1) is 12.4. The van der Waals surface area contributed by atoms with E-state index in [2.05, 4.69) is 21.8 Å². The molecule has 10 nitrogen and oxygen atoms in total. The van der Waals surface area contributed by atoms with Gasteiger partial charge in [0.25, 0.3) is 0 Å². The van der Waals surface area contributed by atoms with Crippen molar-refractivity contribution in [3.05, 3.63) is 10.1 Å². The summed E-state index contributed by atoms with van der Waals surface area (Å²) in [5, 5.41) is 11.6. The van der Waals surface area contributed by atoms with E-state index in [4.69, 9.17) is 10.5 Å². The van der Waals surface area contributed by atoms with E-state index in [0.29, 0.717) is 37.9 Å². The number of nitrogens with zero attached hydrogens (tertiary/aromatic N) is 6. The van der Waals surface area contributed by atoms with Crippen molar-refractivity contribution in [1.82, 2.24) is 14.9 Å². The number of ether oxygens (including phenoxy) is 1. The Balaban J connectivity index is 1.93. The molecule has 2 atom stereocenters. The van der Waals surface area contributed by atoms with Gasteiger partial charge in [0.05, 0.1) is 17.1 Å². The largest absolute Gasteiger partial charge is 0.378 e. The lowest BCUT2D eigenvalue weighted by atomic mass is 10.2. The van der Waals surface area contributed by atoms with E-state index in [1.807, 2.05) is 23.6 Å². The molecule has 0 bridgehead atoms. The molecule has 0 saturated carbocycles. The zero-order chi connectivity index (χ0) is 18.8. The zero-order valence-corrected chi connectivity index (χ0v) is 15.6. The molecule has 2 fully saturated rings. The number of hydrogen-bond acceptors (Lipinski definition) is 9. The number of hydrogen-bond donors (Lipinski definition) is 1. The highest BCUT2D eigenvalue weighted by Gasteiger charge is 2.32. The summed E-state index contributed by atoms with van der Waals surface area (Å²) in [4.78, 5) is 26.1. The first kappa shape index (κ1) is 18.6. The van der Waals surface area contributed by atoms with Crippen LogP contribution in [0.4, 0.5) is 23.3 Å². The molecule has 2 aliphatic heterocycles. The average Bonchev–Trinajstić information content (AvgIpc) is 2.60. The summed E-state index contributed by atoms with van der Waals surface area (Å²) < 4.78 is 5.75. The van der Waals surface area contributed by atoms with Gasteiger partial charge in [-0.2, -0.15) is 9.97 Å². The fourth-order valence-electron chi connectivity index (χ4n) is 3.60. The number of likely N-dealkylation sites (N-methyl/N-ethyl adjacent to an activating group) is 1. The fourth-order valence-corrected chi connectivity index (χ4v) is 3.60. The Morgan fingerprint density at radius 3 is 2.31 bits per heavy atom. The Bertz CT molecular complexity index is 653. The summed E-state index contributed by atoms with van der Waals surface area (Å²) in [5.41, 5.74) is 5.77. The smallest absolute Gasteiger partial charge is 0.353 e. The van der Waals surface area contributed by atoms with E-state index < -0.39 is 4.92 Å². The molecule has 0 radical (unpaired) electrons. The summed E-state index contributed by atoms with van der Waals surface area (Å²) in [6, 6.07) is 0. The van der Waals surface area contributed by atoms with Crippen LogP contribution >= 0.6 is 0 Å². The third-order valence-electron chi connectivity index (χ3n) is 4.88. The standard InChI is InChI=1S/C16H27N7O3/c1-4-20-5-7-21(8-6-20)15-13(23(24)25)14(17)18-16(19-15)22-9-11(2)26-12(3)10-22/h11-12H,4-10H2,1-3H3,(H2,17,18,19)/t11-,12-/m0/s1. The van der Waals surface area contributed by atoms with Crippen LogP contribution in [0, 0.1) is 10.1 Å². The number of nitrogens with two attached hydrogens (primary N) is 1. The molecule has 0 amide bonds. The number of rotatable bonds is 4. The summed E-state index contributed by atoms with van der Waals surface area (Å²) in [6.07, 6.45) is 0.0747. The van der Waals surface area contributed by atoms with E-state index >= 15 is 0 Å². The Labute approximate surface area is 153 Å². The minimum absolute atomic E-state index is 0.0373. The molecule has 3 heterocycles. The van der Waals surface area contributed by atoms with Gasteiger partial charge in [-0.1, -0.05) is 6.92 Å². The van der Waals surface area contributed by atoms with Gasteiger partial charge >= 0.3 is 5.69 Å². The average molecular weight is 365 g/mol. The van der Waals surface area contributed by atoms with E-state index in [9.17, 15) is 10.1 Å². The summed E-state index contributed by atoms with van der Waals surface area (Å²) in [6.45, 7) is 11.4. The molecule has 0 unspecified atom stereocenters. The van der Waals surface area contributed by atoms with Crippen molar-refractivity contribution in [2.24, 2.45) is 0 Å². The van der Waals surface area contributed by atoms with Crippen LogP contribution in [0.25, 0.3) is 0 Å². The summed E-state index contributed by atoms with van der Waals surface area (Å²) >= 11 is 0. The molecule has 2 N–H and O–H groups in total. The predicted octanol–water partition coefficient (Wildman–Crippen LogP) is 0.723. The molecule has 1 aromatic rings. The molecule has 1 aromatic heterocycles. The number of morpholine rings is 1. The molecule has 3 rings (SSSR count). The van der Waals surface area contributed by atoms with Crippen LogP contribution < -0.4 is 15.5 Å². The highest BCUT2D eigenvalue weighted by molar-refractivity contribution is 5.71. The number of anilines is 3. The van der Waals surface area contributed by atoms with Gasteiger partial charge in [0.2, 0.25) is 17.6 Å². The van der Waals surface area contributed by atoms with Crippen molar-refractivity contribution in [3.63, 3.8) is 0 Å². The maximum atomic E-state index is 11.6. The first-order valence-corrected chi connectivity index (χ1v) is 9.08. The van der Waals surface area contributed by atoms with Crippen LogP contribution in [0.15, 0.2) is 0 Å². The third-order valence-corrected chi connectivity index (χ3v) is 4.88. The van der Waals surface area contributed by atoms with Crippen LogP contribution in [-0.2, 0) is 4.74 Å². The molecule has 2 aliphatic rings. The van der Waals surface area contributed by atoms with Crippen molar-refractivity contribution in [2.45, 2.75) is 33.0 Å². The topological polar surface area (TPSA) is 114 Å². The monoisotopic (exact) mass is 365 g/mol. The lowest BCUT2D eigenvalue weighted by Crippen LogP contribution is -2.48. The number of nitrogen functional groups attached to an aromatic ring is 1. The summed E-state index contributed by atoms with van der Waals surface area (Å²) in [5.74, 6) is 0.669. The lowest BCUT2D eigenvalue weighted by molar-refractivity contribution is -0.383. The molecular formula is C16H27N7O3. The van der Waals surface area contributed by atoms with Crippen molar-refractivity contribution in [2.75, 3.05) is 61.3 Å². The van der Waals surface area contributed by atoms with Gasteiger partial charge in [0.1, 0.15) is 0 Å². The van der Waals surface area contributed by atoms with Gasteiger partial charge in [-0.3, -0.25) is 10.1 Å². The highest BCUT2D eigenvalue weighted by Crippen LogP contribution is 2.34. The molecule has 10 heteroatoms. The molecular weight excluding hydrogens is 338 g/mol. The van der Waals surface area contributed by atoms with E-state index in [0.717, 1.165) is 19.6 Å². The van der Waals surface area contributed by atoms with Crippen LogP contribution in [-0.4, -0.2) is 77.8 Å². The quantitative estimate of drug-likeness (QED) is 0.609. The third kappa shape index (κ3) is 3.80. The Morgan fingerprint density at radius 1 is 1.15 bits per heavy atom. The minimum atomic E-state index is -0.481. The summed E-state index contributed by atoms with van der Waals surface area (Å²) in [7, 11) is 0. The molecule has 144 valence electrons. The van der Waals surface area contributed by atoms with Crippen molar-refractivity contribution >= 4 is 23.3 Å². The van der Waals surface area contributed by atoms with Crippen LogP contribution in [0.1, 0.15) is 20.8 Å². The van der Waals surface area contributed by atoms with Gasteiger partial charge in [-0.25, -0.2) is 0 Å². The second-order valence-corrected chi connectivity index (χ2v) is 6.92. The number of piperazine rings is 1. The van der Waals surface area contributed by atoms with Crippen LogP contribution in [0.2, 0.25) is 0 Å². The van der Waals surface area contributed by atoms with Gasteiger partial charge in [0.15, 0.2) is 0 Å². The lowest BCUT2D eigenvalue weighted by Gasteiger charge is -2.37. The molecule has 0 aromatic carbocycles. The first-order valence-electron chi connectivity index (χ1n) is 9.08. The predicted molar refractivity (Wildman–Crippen MR) is 99.6 cm³/mol. The SMILES string of the molecule is CCN1CCN(c2nc(N3C[C@H](C)O[C@@H](C)C3)nc(N)c2[N+](=O)[O-])CC1. The van der Waals surface area contributed by atoms with E-state index in [1.54, 1.807) is 0 Å². The van der Waals surface area contributed by atoms with Gasteiger partial charge in [-0.15, -0.1) is 0 Å². The van der Waals surface area contributed by atoms with Crippen molar-refractivity contribution in [1.29, 1.82) is 0 Å². The second-order valence-electron chi connectivity index (χ2n) is 6.92. The van der Waals surface area contributed by atoms with E-state index in [1.165, 1.54) is 0 Å². The maximum absolute atomic E-state index is 11.6. The Morgan fingerprint density at radius 2 is 1.77 bits per heavy atom. The van der Waals surface area contributed by atoms with Gasteiger partial charge < -0.3 is 25.2 Å². The Kier molecular flexibility index (Phi) is 5.42. The van der Waals surface area contributed by atoms with Crippen molar-refractivity contribution < 1.29 is 9.66 Å². The number of nitro groups is 1. The molecule has 2 saturated heterocycles. The minimum Gasteiger partial charge on any atom is -0.378 e. The normalized spacial score (nSPS) is 24.7. The molecule has 26 heavy (non-hydrogen) atoms. The van der Waals surface area contributed by atoms with E-state index in [-0.39, 0.29) is 23.7 Å². The van der Waals surface area contributed by atoms with Gasteiger partial charge in [-0.05, 0) is 20.4 Å². The van der Waals surface area contributed by atoms with Crippen molar-refractivity contribution in [3.8, 4) is 0 Å². The molecule has 0 aliphatic carbocycles. The fraction of sp³-hybridized carbons (Fsp3) is 0.750. The number of aromatic nitrogens is 2. The van der Waals surface area contributed by atoms with Gasteiger partial charge in [0, 0.05) is 39.3 Å². The Hall–Kier alpha value is -2.20. The van der Waals surface area contributed by atoms with Crippen LogP contribution in [0.3, 0.4) is 0 Å². The maximum Gasteiger partial charge on any atom is 0.353 e. The van der Waals surface area contributed by atoms with Crippen LogP contribution in [0.5, 0.6) is 0 Å².